The summed E-state index contributed by atoms with van der Waals surface area (Å²) in [4.78, 5) is 12.4. The molecule has 0 saturated carbocycles. The van der Waals surface area contributed by atoms with Crippen LogP contribution in [0, 0.1) is 6.92 Å². The number of nitrogens with zero attached hydrogens (tertiary/aromatic N) is 1. The number of carbonyl (C=O) groups is 1. The van der Waals surface area contributed by atoms with Gasteiger partial charge in [-0.1, -0.05) is 23.4 Å². The number of sulfone groups is 1. The molecule has 142 valence electrons. The lowest BCUT2D eigenvalue weighted by molar-refractivity contribution is -0.142. The van der Waals surface area contributed by atoms with Crippen molar-refractivity contribution in [1.29, 1.82) is 0 Å². The predicted octanol–water partition coefficient (Wildman–Crippen LogP) is 4.52. The van der Waals surface area contributed by atoms with Crippen LogP contribution < -0.4 is 0 Å². The number of rotatable bonds is 5. The molecule has 5 nitrogen and oxygen atoms in total. The number of hydrogen-bond donors (Lipinski definition) is 0. The summed E-state index contributed by atoms with van der Waals surface area (Å²) in [6.45, 7) is 3.51. The van der Waals surface area contributed by atoms with Gasteiger partial charge >= 0.3 is 5.97 Å². The van der Waals surface area contributed by atoms with Crippen molar-refractivity contribution < 1.29 is 17.9 Å². The fourth-order valence-corrected chi connectivity index (χ4v) is 4.55. The highest BCUT2D eigenvalue weighted by Crippen LogP contribution is 2.36. The van der Waals surface area contributed by atoms with Crippen LogP contribution in [0.4, 0.5) is 0 Å². The van der Waals surface area contributed by atoms with Crippen LogP contribution in [-0.4, -0.2) is 25.0 Å². The predicted molar refractivity (Wildman–Crippen MR) is 106 cm³/mol. The smallest absolute Gasteiger partial charge is 0.302 e. The van der Waals surface area contributed by atoms with E-state index in [-0.39, 0.29) is 17.5 Å². The summed E-state index contributed by atoms with van der Waals surface area (Å²) in [7, 11) is -3.23. The molecule has 0 atom stereocenters. The first-order valence-corrected chi connectivity index (χ1v) is 11.2. The van der Waals surface area contributed by atoms with Crippen molar-refractivity contribution in [1.82, 2.24) is 4.40 Å². The molecule has 0 fully saturated rings. The minimum atomic E-state index is -3.23. The highest BCUT2D eigenvalue weighted by Gasteiger charge is 2.18. The van der Waals surface area contributed by atoms with Crippen molar-refractivity contribution in [3.05, 3.63) is 58.7 Å². The molecule has 0 N–H and O–H groups in total. The molecule has 0 aliphatic heterocycles. The number of esters is 1. The van der Waals surface area contributed by atoms with Crippen LogP contribution >= 0.6 is 23.4 Å². The number of halogens is 1. The maximum Gasteiger partial charge on any atom is 0.302 e. The minimum absolute atomic E-state index is 0.165. The molecule has 3 rings (SSSR count). The molecule has 1 aromatic carbocycles. The highest BCUT2D eigenvalue weighted by molar-refractivity contribution is 7.99. The van der Waals surface area contributed by atoms with Crippen LogP contribution in [-0.2, 0) is 26.0 Å². The average molecular weight is 424 g/mol. The van der Waals surface area contributed by atoms with Crippen LogP contribution in [0.2, 0.25) is 5.02 Å². The second-order valence-electron chi connectivity index (χ2n) is 6.13. The van der Waals surface area contributed by atoms with E-state index in [2.05, 4.69) is 0 Å². The SMILES string of the molecule is CC(=O)OCc1c(C)c(Sc2ccc(S(C)(=O)=O)cc2)n2ccc(Cl)cc12. The second kappa shape index (κ2) is 7.58. The molecule has 0 aliphatic rings. The number of pyridine rings is 1. The summed E-state index contributed by atoms with van der Waals surface area (Å²) >= 11 is 7.66. The van der Waals surface area contributed by atoms with Gasteiger partial charge < -0.3 is 9.14 Å². The Kier molecular flexibility index (Phi) is 5.55. The van der Waals surface area contributed by atoms with E-state index in [0.29, 0.717) is 5.02 Å². The molecule has 27 heavy (non-hydrogen) atoms. The quantitative estimate of drug-likeness (QED) is 0.564. The summed E-state index contributed by atoms with van der Waals surface area (Å²) in [5.74, 6) is -0.346. The molecule has 0 aliphatic carbocycles. The summed E-state index contributed by atoms with van der Waals surface area (Å²) in [6.07, 6.45) is 3.06. The number of hydrogen-bond acceptors (Lipinski definition) is 5. The maximum absolute atomic E-state index is 11.6. The highest BCUT2D eigenvalue weighted by atomic mass is 35.5. The normalized spacial score (nSPS) is 11.7. The van der Waals surface area contributed by atoms with Crippen LogP contribution in [0.1, 0.15) is 18.1 Å². The molecule has 8 heteroatoms. The molecule has 3 aromatic rings. The molecule has 0 saturated heterocycles. The van der Waals surface area contributed by atoms with Gasteiger partial charge in [0.25, 0.3) is 0 Å². The third-order valence-corrected chi connectivity index (χ3v) is 6.67. The average Bonchev–Trinajstić information content (AvgIpc) is 2.84. The molecule has 2 heterocycles. The van der Waals surface area contributed by atoms with Gasteiger partial charge in [-0.3, -0.25) is 4.79 Å². The van der Waals surface area contributed by atoms with Crippen LogP contribution in [0.25, 0.3) is 5.52 Å². The van der Waals surface area contributed by atoms with Gasteiger partial charge in [-0.15, -0.1) is 0 Å². The zero-order chi connectivity index (χ0) is 19.8. The number of fused-ring (bicyclic) bond motifs is 1. The third-order valence-electron chi connectivity index (χ3n) is 4.10. The zero-order valence-corrected chi connectivity index (χ0v) is 17.4. The summed E-state index contributed by atoms with van der Waals surface area (Å²) in [5, 5.41) is 1.55. The topological polar surface area (TPSA) is 64.9 Å². The van der Waals surface area contributed by atoms with Gasteiger partial charge in [0.1, 0.15) is 6.61 Å². The second-order valence-corrected chi connectivity index (χ2v) is 9.65. The molecule has 2 aromatic heterocycles. The number of benzene rings is 1. The Morgan fingerprint density at radius 3 is 2.48 bits per heavy atom. The molecule has 0 bridgehead atoms. The van der Waals surface area contributed by atoms with Crippen molar-refractivity contribution >= 4 is 44.7 Å². The lowest BCUT2D eigenvalue weighted by Gasteiger charge is -2.06. The van der Waals surface area contributed by atoms with Gasteiger partial charge in [0.15, 0.2) is 9.84 Å². The van der Waals surface area contributed by atoms with Gasteiger partial charge in [0.05, 0.1) is 15.4 Å². The molecule has 0 radical (unpaired) electrons. The number of aromatic nitrogens is 1. The Bertz CT molecular complexity index is 1120. The first kappa shape index (κ1) is 19.8. The zero-order valence-electron chi connectivity index (χ0n) is 15.0. The number of carbonyl (C=O) groups excluding carboxylic acids is 1. The largest absolute Gasteiger partial charge is 0.461 e. The summed E-state index contributed by atoms with van der Waals surface area (Å²) in [5.41, 5.74) is 2.75. The van der Waals surface area contributed by atoms with Crippen molar-refractivity contribution in [3.8, 4) is 0 Å². The van der Waals surface area contributed by atoms with Gasteiger partial charge in [0.2, 0.25) is 0 Å². The van der Waals surface area contributed by atoms with E-state index in [1.165, 1.54) is 24.9 Å². The molecule has 0 unspecified atom stereocenters. The Balaban J connectivity index is 2.03. The van der Waals surface area contributed by atoms with Crippen molar-refractivity contribution in [2.75, 3.05) is 6.26 Å². The molecule has 0 amide bonds. The Labute approximate surface area is 167 Å². The van der Waals surface area contributed by atoms with E-state index >= 15 is 0 Å². The molecular formula is C19H18ClNO4S2. The van der Waals surface area contributed by atoms with E-state index in [0.717, 1.165) is 26.6 Å². The first-order valence-electron chi connectivity index (χ1n) is 8.07. The first-order chi connectivity index (χ1) is 12.7. The summed E-state index contributed by atoms with van der Waals surface area (Å²) < 4.78 is 30.5. The van der Waals surface area contributed by atoms with Gasteiger partial charge in [-0.25, -0.2) is 8.42 Å². The van der Waals surface area contributed by atoms with Gasteiger partial charge in [0, 0.05) is 34.9 Å². The Morgan fingerprint density at radius 2 is 1.89 bits per heavy atom. The van der Waals surface area contributed by atoms with E-state index in [9.17, 15) is 13.2 Å². The van der Waals surface area contributed by atoms with Crippen LogP contribution in [0.3, 0.4) is 0 Å². The fourth-order valence-electron chi connectivity index (χ4n) is 2.73. The third kappa shape index (κ3) is 4.31. The van der Waals surface area contributed by atoms with E-state index in [1.54, 1.807) is 30.3 Å². The minimum Gasteiger partial charge on any atom is -0.461 e. The van der Waals surface area contributed by atoms with Crippen LogP contribution in [0.15, 0.2) is 57.4 Å². The molecular weight excluding hydrogens is 406 g/mol. The summed E-state index contributed by atoms with van der Waals surface area (Å²) in [6, 6.07) is 10.4. The van der Waals surface area contributed by atoms with E-state index < -0.39 is 9.84 Å². The lowest BCUT2D eigenvalue weighted by Crippen LogP contribution is -1.99. The van der Waals surface area contributed by atoms with Crippen molar-refractivity contribution in [2.24, 2.45) is 0 Å². The van der Waals surface area contributed by atoms with Gasteiger partial charge in [-0.05, 0) is 48.9 Å². The van der Waals surface area contributed by atoms with Crippen LogP contribution in [0.5, 0.6) is 0 Å². The van der Waals surface area contributed by atoms with Crippen molar-refractivity contribution in [3.63, 3.8) is 0 Å². The monoisotopic (exact) mass is 423 g/mol. The molecule has 0 spiro atoms. The van der Waals surface area contributed by atoms with E-state index in [4.69, 9.17) is 16.3 Å². The Hall–Kier alpha value is -1.96. The number of ether oxygens (including phenoxy) is 1. The standard InChI is InChI=1S/C19H18ClNO4S2/c1-12-17(11-25-13(2)22)18-10-14(20)8-9-21(18)19(12)26-15-4-6-16(7-5-15)27(3,23)24/h4-10H,11H2,1-3H3. The van der Waals surface area contributed by atoms with Gasteiger partial charge in [-0.2, -0.15) is 0 Å². The fraction of sp³-hybridized carbons (Fsp3) is 0.211. The van der Waals surface area contributed by atoms with Crippen molar-refractivity contribution in [2.45, 2.75) is 35.3 Å². The Morgan fingerprint density at radius 1 is 1.22 bits per heavy atom. The maximum atomic E-state index is 11.6. The lowest BCUT2D eigenvalue weighted by atomic mass is 10.2. The van der Waals surface area contributed by atoms with E-state index in [1.807, 2.05) is 23.6 Å².